The number of aliphatic imine (C=N–C) groups is 1. The summed E-state index contributed by atoms with van der Waals surface area (Å²) in [5.41, 5.74) is 2.57. The van der Waals surface area contributed by atoms with Crippen LogP contribution in [-0.2, 0) is 11.2 Å². The smallest absolute Gasteiger partial charge is 0.190 e. The standard InChI is InChI=1S/C19H32N4O.HI/c1-16-15-21-12-9-17(16)10-13-23-19(20-2)22-11-6-14-24-18-7-4-3-5-8-18;/h9,12,15,18H,3-8,10-11,13-14H2,1-2H3,(H2,20,22,23);1H. The van der Waals surface area contributed by atoms with Crippen molar-refractivity contribution in [2.45, 2.75) is 58.0 Å². The number of nitrogens with zero attached hydrogens (tertiary/aromatic N) is 2. The molecule has 142 valence electrons. The molecular weight excluding hydrogens is 427 g/mol. The molecule has 1 fully saturated rings. The van der Waals surface area contributed by atoms with Gasteiger partial charge in [-0.1, -0.05) is 19.3 Å². The monoisotopic (exact) mass is 460 g/mol. The van der Waals surface area contributed by atoms with Crippen molar-refractivity contribution in [3.63, 3.8) is 0 Å². The van der Waals surface area contributed by atoms with Crippen molar-refractivity contribution in [1.82, 2.24) is 15.6 Å². The lowest BCUT2D eigenvalue weighted by Crippen LogP contribution is -2.39. The largest absolute Gasteiger partial charge is 0.378 e. The first-order chi connectivity index (χ1) is 11.8. The fraction of sp³-hybridized carbons (Fsp3) is 0.684. The summed E-state index contributed by atoms with van der Waals surface area (Å²) in [7, 11) is 1.81. The molecule has 0 spiro atoms. The molecule has 1 saturated carbocycles. The van der Waals surface area contributed by atoms with E-state index in [4.69, 9.17) is 4.74 Å². The molecule has 0 saturated heterocycles. The van der Waals surface area contributed by atoms with E-state index in [-0.39, 0.29) is 24.0 Å². The van der Waals surface area contributed by atoms with Crippen LogP contribution in [0, 0.1) is 6.92 Å². The molecule has 1 aromatic heterocycles. The number of aryl methyl sites for hydroxylation is 1. The van der Waals surface area contributed by atoms with Crippen LogP contribution in [0.15, 0.2) is 23.5 Å². The van der Waals surface area contributed by atoms with Crippen molar-refractivity contribution >= 4 is 29.9 Å². The molecule has 2 rings (SSSR count). The third-order valence-electron chi connectivity index (χ3n) is 4.57. The Labute approximate surface area is 169 Å². The second kappa shape index (κ2) is 13.3. The highest BCUT2D eigenvalue weighted by Crippen LogP contribution is 2.20. The van der Waals surface area contributed by atoms with Crippen molar-refractivity contribution in [2.24, 2.45) is 4.99 Å². The molecule has 25 heavy (non-hydrogen) atoms. The van der Waals surface area contributed by atoms with Gasteiger partial charge in [0.25, 0.3) is 0 Å². The molecule has 1 aliphatic carbocycles. The molecule has 0 aromatic carbocycles. The van der Waals surface area contributed by atoms with E-state index in [2.05, 4.69) is 33.6 Å². The number of rotatable bonds is 8. The number of nitrogens with one attached hydrogen (secondary N) is 2. The lowest BCUT2D eigenvalue weighted by atomic mass is 9.98. The van der Waals surface area contributed by atoms with E-state index in [0.717, 1.165) is 38.5 Å². The molecule has 0 atom stereocenters. The number of hydrogen-bond acceptors (Lipinski definition) is 3. The zero-order valence-electron chi connectivity index (χ0n) is 15.6. The van der Waals surface area contributed by atoms with Crippen molar-refractivity contribution in [2.75, 3.05) is 26.7 Å². The maximum atomic E-state index is 5.94. The first-order valence-corrected chi connectivity index (χ1v) is 9.25. The van der Waals surface area contributed by atoms with Gasteiger partial charge in [0.05, 0.1) is 6.10 Å². The first kappa shape index (κ1) is 22.2. The summed E-state index contributed by atoms with van der Waals surface area (Å²) in [6, 6.07) is 2.08. The Morgan fingerprint density at radius 3 is 2.72 bits per heavy atom. The minimum absolute atomic E-state index is 0. The van der Waals surface area contributed by atoms with Gasteiger partial charge in [0, 0.05) is 39.1 Å². The minimum Gasteiger partial charge on any atom is -0.378 e. The van der Waals surface area contributed by atoms with Crippen LogP contribution in [0.25, 0.3) is 0 Å². The van der Waals surface area contributed by atoms with Crippen molar-refractivity contribution in [3.8, 4) is 0 Å². The maximum Gasteiger partial charge on any atom is 0.190 e. The highest BCUT2D eigenvalue weighted by Gasteiger charge is 2.12. The van der Waals surface area contributed by atoms with Gasteiger partial charge in [0.15, 0.2) is 5.96 Å². The molecule has 2 N–H and O–H groups in total. The Morgan fingerprint density at radius 1 is 1.24 bits per heavy atom. The normalized spacial score (nSPS) is 15.5. The fourth-order valence-electron chi connectivity index (χ4n) is 3.08. The third-order valence-corrected chi connectivity index (χ3v) is 4.57. The van der Waals surface area contributed by atoms with Gasteiger partial charge < -0.3 is 15.4 Å². The Kier molecular flexibility index (Phi) is 11.8. The Bertz CT molecular complexity index is 504. The van der Waals surface area contributed by atoms with E-state index < -0.39 is 0 Å². The molecular formula is C19H33IN4O. The highest BCUT2D eigenvalue weighted by molar-refractivity contribution is 14.0. The van der Waals surface area contributed by atoms with Crippen LogP contribution in [0.1, 0.15) is 49.7 Å². The molecule has 0 amide bonds. The second-order valence-electron chi connectivity index (χ2n) is 6.46. The molecule has 6 heteroatoms. The van der Waals surface area contributed by atoms with Gasteiger partial charge in [-0.05, 0) is 49.8 Å². The first-order valence-electron chi connectivity index (χ1n) is 9.25. The van der Waals surface area contributed by atoms with E-state index >= 15 is 0 Å². The average molecular weight is 460 g/mol. The van der Waals surface area contributed by atoms with Gasteiger partial charge in [-0.15, -0.1) is 24.0 Å². The highest BCUT2D eigenvalue weighted by atomic mass is 127. The number of ether oxygens (including phenoxy) is 1. The van der Waals surface area contributed by atoms with E-state index in [1.165, 1.54) is 43.2 Å². The Balaban J connectivity index is 0.00000312. The number of aromatic nitrogens is 1. The minimum atomic E-state index is 0. The molecule has 0 radical (unpaired) electrons. The van der Waals surface area contributed by atoms with E-state index in [1.54, 1.807) is 0 Å². The van der Waals surface area contributed by atoms with Crippen LogP contribution >= 0.6 is 24.0 Å². The summed E-state index contributed by atoms with van der Waals surface area (Å²) in [5.74, 6) is 0.861. The average Bonchev–Trinajstić information content (AvgIpc) is 2.62. The zero-order valence-corrected chi connectivity index (χ0v) is 17.9. The Morgan fingerprint density at radius 2 is 2.00 bits per heavy atom. The van der Waals surface area contributed by atoms with E-state index in [9.17, 15) is 0 Å². The van der Waals surface area contributed by atoms with Crippen LogP contribution in [0.2, 0.25) is 0 Å². The van der Waals surface area contributed by atoms with Gasteiger partial charge in [-0.2, -0.15) is 0 Å². The molecule has 0 bridgehead atoms. The summed E-state index contributed by atoms with van der Waals surface area (Å²) >= 11 is 0. The third kappa shape index (κ3) is 8.85. The van der Waals surface area contributed by atoms with Gasteiger partial charge in [0.2, 0.25) is 0 Å². The topological polar surface area (TPSA) is 58.5 Å². The van der Waals surface area contributed by atoms with Crippen LogP contribution in [-0.4, -0.2) is 43.8 Å². The summed E-state index contributed by atoms with van der Waals surface area (Å²) < 4.78 is 5.94. The van der Waals surface area contributed by atoms with Gasteiger partial charge in [0.1, 0.15) is 0 Å². The van der Waals surface area contributed by atoms with E-state index in [0.29, 0.717) is 6.10 Å². The van der Waals surface area contributed by atoms with Crippen LogP contribution in [0.4, 0.5) is 0 Å². The molecule has 5 nitrogen and oxygen atoms in total. The quantitative estimate of drug-likeness (QED) is 0.270. The lowest BCUT2D eigenvalue weighted by Gasteiger charge is -2.22. The molecule has 1 heterocycles. The fourth-order valence-corrected chi connectivity index (χ4v) is 3.08. The predicted octanol–water partition coefficient (Wildman–Crippen LogP) is 3.45. The number of guanidine groups is 1. The second-order valence-corrected chi connectivity index (χ2v) is 6.46. The summed E-state index contributed by atoms with van der Waals surface area (Å²) in [6.07, 6.45) is 12.8. The predicted molar refractivity (Wildman–Crippen MR) is 115 cm³/mol. The van der Waals surface area contributed by atoms with Crippen LogP contribution in [0.3, 0.4) is 0 Å². The van der Waals surface area contributed by atoms with E-state index in [1.807, 2.05) is 19.4 Å². The number of halogens is 1. The Hall–Kier alpha value is -0.890. The van der Waals surface area contributed by atoms with Crippen LogP contribution < -0.4 is 10.6 Å². The molecule has 0 unspecified atom stereocenters. The van der Waals surface area contributed by atoms with Crippen molar-refractivity contribution < 1.29 is 4.74 Å². The SMILES string of the molecule is CN=C(NCCCOC1CCCCC1)NCCc1ccncc1C.I. The zero-order chi connectivity index (χ0) is 17.0. The van der Waals surface area contributed by atoms with Gasteiger partial charge in [-0.25, -0.2) is 0 Å². The van der Waals surface area contributed by atoms with Crippen LogP contribution in [0.5, 0.6) is 0 Å². The maximum absolute atomic E-state index is 5.94. The van der Waals surface area contributed by atoms with Gasteiger partial charge in [-0.3, -0.25) is 9.98 Å². The summed E-state index contributed by atoms with van der Waals surface area (Å²) in [5, 5.41) is 6.72. The van der Waals surface area contributed by atoms with Crippen molar-refractivity contribution in [1.29, 1.82) is 0 Å². The molecule has 1 aromatic rings. The number of pyridine rings is 1. The summed E-state index contributed by atoms with van der Waals surface area (Å²) in [6.45, 7) is 4.69. The molecule has 1 aliphatic rings. The lowest BCUT2D eigenvalue weighted by molar-refractivity contribution is 0.0277. The van der Waals surface area contributed by atoms with Gasteiger partial charge >= 0.3 is 0 Å². The molecule has 0 aliphatic heterocycles. The van der Waals surface area contributed by atoms with Crippen molar-refractivity contribution in [3.05, 3.63) is 29.6 Å². The number of hydrogen-bond donors (Lipinski definition) is 2. The summed E-state index contributed by atoms with van der Waals surface area (Å²) in [4.78, 5) is 8.40.